The Hall–Kier alpha value is -2.84. The minimum atomic E-state index is -1.81. The van der Waals surface area contributed by atoms with Crippen molar-refractivity contribution in [1.82, 2.24) is 0 Å². The second-order valence-corrected chi connectivity index (χ2v) is 14.5. The zero-order valence-electron chi connectivity index (χ0n) is 25.1. The lowest BCUT2D eigenvalue weighted by Crippen LogP contribution is -2.12. The van der Waals surface area contributed by atoms with Crippen LogP contribution in [-0.2, 0) is 16.2 Å². The highest BCUT2D eigenvalue weighted by Crippen LogP contribution is 2.45. The Kier molecular flexibility index (Phi) is 7.21. The van der Waals surface area contributed by atoms with E-state index in [-0.39, 0.29) is 16.2 Å². The Balaban J connectivity index is 2.17. The average molecular weight is 535 g/mol. The molecule has 0 saturated heterocycles. The summed E-state index contributed by atoms with van der Waals surface area (Å²) < 4.78 is 25.7. The number of rotatable bonds is 3. The molecule has 5 heteroatoms. The van der Waals surface area contributed by atoms with E-state index in [9.17, 15) is 0 Å². The highest BCUT2D eigenvalue weighted by atomic mass is 31.1. The SMILES string of the molecule is COc1ccc(Op2oc3c(C(C)(C)C)cc(C)cc3c3cc(C)cc(C(C)(C)C)c3o2)c(C(C)(C)C)c1. The maximum absolute atomic E-state index is 6.78. The van der Waals surface area contributed by atoms with E-state index in [0.717, 1.165) is 50.1 Å². The molecular weight excluding hydrogens is 491 g/mol. The van der Waals surface area contributed by atoms with E-state index in [1.165, 1.54) is 11.1 Å². The first-order valence-electron chi connectivity index (χ1n) is 13.3. The Bertz CT molecular complexity index is 1460. The largest absolute Gasteiger partial charge is 0.497 e. The molecule has 4 rings (SSSR count). The minimum Gasteiger partial charge on any atom is -0.497 e. The van der Waals surface area contributed by atoms with Gasteiger partial charge < -0.3 is 17.7 Å². The molecule has 204 valence electrons. The lowest BCUT2D eigenvalue weighted by atomic mass is 9.83. The summed E-state index contributed by atoms with van der Waals surface area (Å²) in [5.74, 6) is 1.53. The topological polar surface area (TPSA) is 44.7 Å². The predicted octanol–water partition coefficient (Wildman–Crippen LogP) is 10.7. The van der Waals surface area contributed by atoms with Gasteiger partial charge in [-0.15, -0.1) is 0 Å². The van der Waals surface area contributed by atoms with Crippen molar-refractivity contribution in [1.29, 1.82) is 0 Å². The van der Waals surface area contributed by atoms with Crippen molar-refractivity contribution in [3.8, 4) is 11.5 Å². The zero-order valence-corrected chi connectivity index (χ0v) is 26.0. The van der Waals surface area contributed by atoms with Crippen LogP contribution in [0.4, 0.5) is 0 Å². The fraction of sp³-hybridized carbons (Fsp3) is 0.455. The summed E-state index contributed by atoms with van der Waals surface area (Å²) >= 11 is 0. The van der Waals surface area contributed by atoms with E-state index < -0.39 is 8.24 Å². The van der Waals surface area contributed by atoms with E-state index >= 15 is 0 Å². The minimum absolute atomic E-state index is 0.130. The lowest BCUT2D eigenvalue weighted by molar-refractivity contribution is 0.410. The number of benzene rings is 3. The van der Waals surface area contributed by atoms with Gasteiger partial charge in [0.2, 0.25) is 0 Å². The van der Waals surface area contributed by atoms with Crippen LogP contribution in [0.2, 0.25) is 0 Å². The third-order valence-electron chi connectivity index (χ3n) is 6.87. The van der Waals surface area contributed by atoms with E-state index in [1.54, 1.807) is 7.11 Å². The van der Waals surface area contributed by atoms with Crippen LogP contribution in [0, 0.1) is 13.8 Å². The summed E-state index contributed by atoms with van der Waals surface area (Å²) in [5.41, 5.74) is 6.96. The Morgan fingerprint density at radius 1 is 0.605 bits per heavy atom. The van der Waals surface area contributed by atoms with Crippen LogP contribution < -0.4 is 9.26 Å². The Morgan fingerprint density at radius 3 is 1.45 bits per heavy atom. The summed E-state index contributed by atoms with van der Waals surface area (Å²) in [6, 6.07) is 14.8. The van der Waals surface area contributed by atoms with Crippen molar-refractivity contribution >= 4 is 30.2 Å². The highest BCUT2D eigenvalue weighted by molar-refractivity contribution is 7.32. The van der Waals surface area contributed by atoms with E-state index in [1.807, 2.05) is 18.2 Å². The maximum atomic E-state index is 6.78. The standard InChI is InChI=1S/C33H43O4P/c1-20-15-23-24-16-21(2)18-27(33(9,10)11)30(24)37-38(36-29(23)26(17-20)32(6,7)8)35-28-14-13-22(34-12)19-25(28)31(3,4)5/h13-19H,1-12H3. The van der Waals surface area contributed by atoms with Crippen LogP contribution in [0.15, 0.2) is 50.9 Å². The smallest absolute Gasteiger partial charge is 0.453 e. The molecule has 0 N–H and O–H groups in total. The number of methoxy groups -OCH3 is 1. The summed E-state index contributed by atoms with van der Waals surface area (Å²) in [4.78, 5) is 0. The van der Waals surface area contributed by atoms with Crippen molar-refractivity contribution in [2.45, 2.75) is 92.4 Å². The number of hydrogen-bond acceptors (Lipinski definition) is 4. The molecule has 4 aromatic rings. The summed E-state index contributed by atoms with van der Waals surface area (Å²) in [6.07, 6.45) is 0. The van der Waals surface area contributed by atoms with Crippen molar-refractivity contribution in [3.63, 3.8) is 0 Å². The molecule has 0 saturated carbocycles. The van der Waals surface area contributed by atoms with Crippen LogP contribution in [0.3, 0.4) is 0 Å². The van der Waals surface area contributed by atoms with Crippen molar-refractivity contribution in [3.05, 3.63) is 70.3 Å². The fourth-order valence-corrected chi connectivity index (χ4v) is 5.97. The third-order valence-corrected chi connectivity index (χ3v) is 7.88. The van der Waals surface area contributed by atoms with Crippen molar-refractivity contribution < 1.29 is 17.7 Å². The molecule has 0 aliphatic heterocycles. The van der Waals surface area contributed by atoms with Gasteiger partial charge in [0.15, 0.2) is 0 Å². The normalized spacial score (nSPS) is 12.7. The van der Waals surface area contributed by atoms with Gasteiger partial charge in [-0.25, -0.2) is 0 Å². The summed E-state index contributed by atoms with van der Waals surface area (Å²) in [6.45, 7) is 24.1. The van der Waals surface area contributed by atoms with Gasteiger partial charge in [0.05, 0.1) is 7.11 Å². The molecule has 0 radical (unpaired) electrons. The van der Waals surface area contributed by atoms with Gasteiger partial charge >= 0.3 is 8.24 Å². The van der Waals surface area contributed by atoms with E-state index in [0.29, 0.717) is 0 Å². The highest BCUT2D eigenvalue weighted by Gasteiger charge is 2.26. The molecule has 0 amide bonds. The summed E-state index contributed by atoms with van der Waals surface area (Å²) in [7, 11) is -0.128. The van der Waals surface area contributed by atoms with Gasteiger partial charge in [-0.1, -0.05) is 74.4 Å². The first kappa shape index (κ1) is 28.2. The monoisotopic (exact) mass is 534 g/mol. The summed E-state index contributed by atoms with van der Waals surface area (Å²) in [5, 5.41) is 2.11. The molecule has 38 heavy (non-hydrogen) atoms. The van der Waals surface area contributed by atoms with Crippen LogP contribution in [0.1, 0.15) is 90.1 Å². The Morgan fingerprint density at radius 2 is 1.05 bits per heavy atom. The quantitative estimate of drug-likeness (QED) is 0.262. The van der Waals surface area contributed by atoms with Crippen molar-refractivity contribution in [2.75, 3.05) is 7.11 Å². The number of fused-ring (bicyclic) bond motifs is 3. The van der Waals surface area contributed by atoms with Crippen LogP contribution in [0.25, 0.3) is 21.9 Å². The van der Waals surface area contributed by atoms with Gasteiger partial charge in [0.25, 0.3) is 0 Å². The van der Waals surface area contributed by atoms with Crippen LogP contribution in [-0.4, -0.2) is 7.11 Å². The molecule has 1 heterocycles. The lowest BCUT2D eigenvalue weighted by Gasteiger charge is -2.23. The van der Waals surface area contributed by atoms with Gasteiger partial charge in [0.1, 0.15) is 22.7 Å². The molecule has 3 aromatic carbocycles. The molecule has 1 aromatic heterocycles. The Labute approximate surface area is 229 Å². The second kappa shape index (κ2) is 9.72. The van der Waals surface area contributed by atoms with Gasteiger partial charge in [-0.2, -0.15) is 0 Å². The fourth-order valence-electron chi connectivity index (χ4n) is 4.84. The number of ether oxygens (including phenoxy) is 1. The molecule has 0 aliphatic carbocycles. The van der Waals surface area contributed by atoms with Crippen LogP contribution >= 0.6 is 8.24 Å². The molecule has 0 atom stereocenters. The molecule has 0 bridgehead atoms. The second-order valence-electron chi connectivity index (χ2n) is 13.5. The van der Waals surface area contributed by atoms with Crippen molar-refractivity contribution in [2.24, 2.45) is 0 Å². The molecule has 4 nitrogen and oxygen atoms in total. The zero-order chi connectivity index (χ0) is 28.2. The predicted molar refractivity (Wildman–Crippen MR) is 161 cm³/mol. The number of aryl methyl sites for hydroxylation is 2. The van der Waals surface area contributed by atoms with Gasteiger partial charge in [0, 0.05) is 27.5 Å². The van der Waals surface area contributed by atoms with Gasteiger partial charge in [-0.05, 0) is 71.6 Å². The van der Waals surface area contributed by atoms with E-state index in [2.05, 4.69) is 100 Å². The molecule has 0 unspecified atom stereocenters. The molecule has 0 fully saturated rings. The van der Waals surface area contributed by atoms with Crippen LogP contribution in [0.5, 0.6) is 11.5 Å². The third kappa shape index (κ3) is 5.61. The molecular formula is C33H43O4P. The van der Waals surface area contributed by atoms with Gasteiger partial charge in [-0.3, -0.25) is 0 Å². The maximum Gasteiger partial charge on any atom is 0.453 e. The first-order chi connectivity index (χ1) is 17.5. The first-order valence-corrected chi connectivity index (χ1v) is 14.4. The number of hydrogen-bond donors (Lipinski definition) is 0. The van der Waals surface area contributed by atoms with E-state index in [4.69, 9.17) is 17.7 Å². The molecule has 0 spiro atoms. The average Bonchev–Trinajstić information content (AvgIpc) is 2.93. The molecule has 0 aliphatic rings.